The van der Waals surface area contributed by atoms with Crippen molar-refractivity contribution in [1.82, 2.24) is 0 Å². The maximum atomic E-state index is 6.00. The van der Waals surface area contributed by atoms with Crippen LogP contribution in [0.25, 0.3) is 5.70 Å². The van der Waals surface area contributed by atoms with Crippen LogP contribution in [-0.4, -0.2) is 18.0 Å². The van der Waals surface area contributed by atoms with Crippen molar-refractivity contribution in [1.29, 1.82) is 0 Å². The fourth-order valence-electron chi connectivity index (χ4n) is 1.55. The zero-order chi connectivity index (χ0) is 12.5. The lowest BCUT2D eigenvalue weighted by atomic mass is 10.1. The first-order valence-corrected chi connectivity index (χ1v) is 6.21. The van der Waals surface area contributed by atoms with Gasteiger partial charge in [0.25, 0.3) is 0 Å². The second kappa shape index (κ2) is 4.53. The third-order valence-electron chi connectivity index (χ3n) is 2.44. The number of nitrogens with zero attached hydrogens (tertiary/aromatic N) is 1. The SMILES string of the molecule is CC1(C)COC(/C=C(/N)c2ccc(Br)cc2)=N1. The maximum absolute atomic E-state index is 6.00. The van der Waals surface area contributed by atoms with Crippen molar-refractivity contribution in [2.75, 3.05) is 6.61 Å². The van der Waals surface area contributed by atoms with Crippen LogP contribution in [0.3, 0.4) is 0 Å². The molecule has 0 atom stereocenters. The lowest BCUT2D eigenvalue weighted by molar-refractivity contribution is 0.280. The molecular formula is C13H15BrN2O. The van der Waals surface area contributed by atoms with E-state index < -0.39 is 0 Å². The Morgan fingerprint density at radius 2 is 2.06 bits per heavy atom. The maximum Gasteiger partial charge on any atom is 0.211 e. The fourth-order valence-corrected chi connectivity index (χ4v) is 1.81. The van der Waals surface area contributed by atoms with E-state index in [0.29, 0.717) is 18.2 Å². The zero-order valence-electron chi connectivity index (χ0n) is 9.90. The van der Waals surface area contributed by atoms with Crippen molar-refractivity contribution in [3.8, 4) is 0 Å². The summed E-state index contributed by atoms with van der Waals surface area (Å²) < 4.78 is 6.50. The van der Waals surface area contributed by atoms with Gasteiger partial charge in [0.1, 0.15) is 6.61 Å². The highest BCUT2D eigenvalue weighted by Crippen LogP contribution is 2.19. The van der Waals surface area contributed by atoms with E-state index in [-0.39, 0.29) is 5.54 Å². The molecule has 0 unspecified atom stereocenters. The Hall–Kier alpha value is -1.29. The molecule has 0 radical (unpaired) electrons. The van der Waals surface area contributed by atoms with Gasteiger partial charge in [-0.05, 0) is 31.5 Å². The zero-order valence-corrected chi connectivity index (χ0v) is 11.5. The molecule has 1 aromatic rings. The Labute approximate surface area is 110 Å². The van der Waals surface area contributed by atoms with E-state index in [1.165, 1.54) is 0 Å². The van der Waals surface area contributed by atoms with Crippen LogP contribution in [0.2, 0.25) is 0 Å². The predicted molar refractivity (Wildman–Crippen MR) is 73.8 cm³/mol. The molecule has 90 valence electrons. The number of hydrogen-bond donors (Lipinski definition) is 1. The highest BCUT2D eigenvalue weighted by Gasteiger charge is 2.25. The van der Waals surface area contributed by atoms with E-state index in [4.69, 9.17) is 10.5 Å². The highest BCUT2D eigenvalue weighted by molar-refractivity contribution is 9.10. The smallest absolute Gasteiger partial charge is 0.211 e. The second-order valence-electron chi connectivity index (χ2n) is 4.66. The van der Waals surface area contributed by atoms with Gasteiger partial charge in [0, 0.05) is 16.2 Å². The van der Waals surface area contributed by atoms with Gasteiger partial charge in [-0.15, -0.1) is 0 Å². The summed E-state index contributed by atoms with van der Waals surface area (Å²) in [7, 11) is 0. The monoisotopic (exact) mass is 294 g/mol. The summed E-state index contributed by atoms with van der Waals surface area (Å²) in [5.74, 6) is 0.607. The minimum Gasteiger partial charge on any atom is -0.475 e. The summed E-state index contributed by atoms with van der Waals surface area (Å²) in [6, 6.07) is 7.82. The molecule has 0 aromatic heterocycles. The average molecular weight is 295 g/mol. The molecule has 3 nitrogen and oxygen atoms in total. The van der Waals surface area contributed by atoms with Crippen LogP contribution in [0.15, 0.2) is 39.8 Å². The molecule has 0 spiro atoms. The minimum absolute atomic E-state index is 0.147. The summed E-state index contributed by atoms with van der Waals surface area (Å²) in [5.41, 5.74) is 7.47. The Morgan fingerprint density at radius 1 is 1.41 bits per heavy atom. The first-order valence-electron chi connectivity index (χ1n) is 5.42. The number of benzene rings is 1. The Balaban J connectivity index is 2.20. The summed E-state index contributed by atoms with van der Waals surface area (Å²) >= 11 is 3.39. The topological polar surface area (TPSA) is 47.6 Å². The molecule has 1 aliphatic heterocycles. The molecule has 0 aliphatic carbocycles. The molecular weight excluding hydrogens is 280 g/mol. The number of halogens is 1. The van der Waals surface area contributed by atoms with Crippen LogP contribution in [-0.2, 0) is 4.74 Å². The first kappa shape index (κ1) is 12.2. The quantitative estimate of drug-likeness (QED) is 0.912. The lowest BCUT2D eigenvalue weighted by Crippen LogP contribution is -2.17. The molecule has 1 heterocycles. The Morgan fingerprint density at radius 3 is 2.59 bits per heavy atom. The van der Waals surface area contributed by atoms with Crippen LogP contribution in [0, 0.1) is 0 Å². The average Bonchev–Trinajstić information content (AvgIpc) is 2.59. The fraction of sp³-hybridized carbons (Fsp3) is 0.308. The molecule has 1 aliphatic rings. The molecule has 0 saturated carbocycles. The van der Waals surface area contributed by atoms with E-state index in [0.717, 1.165) is 10.0 Å². The van der Waals surface area contributed by atoms with Crippen LogP contribution in [0.4, 0.5) is 0 Å². The summed E-state index contributed by atoms with van der Waals surface area (Å²) in [6.07, 6.45) is 1.78. The predicted octanol–water partition coefficient (Wildman–Crippen LogP) is 2.96. The molecule has 17 heavy (non-hydrogen) atoms. The molecule has 0 saturated heterocycles. The third kappa shape index (κ3) is 3.09. The number of aliphatic imine (C=N–C) groups is 1. The van der Waals surface area contributed by atoms with Crippen molar-refractivity contribution < 1.29 is 4.74 Å². The minimum atomic E-state index is -0.147. The third-order valence-corrected chi connectivity index (χ3v) is 2.97. The molecule has 4 heteroatoms. The number of nitrogens with two attached hydrogens (primary N) is 1. The van der Waals surface area contributed by atoms with Crippen LogP contribution in [0.5, 0.6) is 0 Å². The van der Waals surface area contributed by atoms with Crippen LogP contribution < -0.4 is 5.73 Å². The standard InChI is InChI=1S/C13H15BrN2O/c1-13(2)8-17-12(16-13)7-11(15)9-3-5-10(14)6-4-9/h3-7H,8,15H2,1-2H3/b11-7+. The lowest BCUT2D eigenvalue weighted by Gasteiger charge is -2.07. The van der Waals surface area contributed by atoms with Crippen LogP contribution in [0.1, 0.15) is 19.4 Å². The molecule has 2 N–H and O–H groups in total. The molecule has 0 amide bonds. The van der Waals surface area contributed by atoms with E-state index in [1.54, 1.807) is 6.08 Å². The Kier molecular flexibility index (Phi) is 3.24. The number of ether oxygens (including phenoxy) is 1. The highest BCUT2D eigenvalue weighted by atomic mass is 79.9. The van der Waals surface area contributed by atoms with Crippen molar-refractivity contribution in [3.05, 3.63) is 40.4 Å². The summed E-state index contributed by atoms with van der Waals surface area (Å²) in [5, 5.41) is 0. The van der Waals surface area contributed by atoms with Gasteiger partial charge in [-0.1, -0.05) is 28.1 Å². The van der Waals surface area contributed by atoms with Gasteiger partial charge in [0.05, 0.1) is 5.54 Å². The van der Waals surface area contributed by atoms with Gasteiger partial charge >= 0.3 is 0 Å². The summed E-state index contributed by atoms with van der Waals surface area (Å²) in [6.45, 7) is 4.67. The van der Waals surface area contributed by atoms with Gasteiger partial charge in [-0.3, -0.25) is 0 Å². The first-order chi connectivity index (χ1) is 7.96. The van der Waals surface area contributed by atoms with Gasteiger partial charge in [0.15, 0.2) is 0 Å². The molecule has 0 bridgehead atoms. The van der Waals surface area contributed by atoms with Gasteiger partial charge in [-0.2, -0.15) is 0 Å². The Bertz CT molecular complexity index is 475. The molecule has 0 fully saturated rings. The van der Waals surface area contributed by atoms with E-state index >= 15 is 0 Å². The summed E-state index contributed by atoms with van der Waals surface area (Å²) in [4.78, 5) is 4.43. The van der Waals surface area contributed by atoms with Crippen molar-refractivity contribution in [2.45, 2.75) is 19.4 Å². The van der Waals surface area contributed by atoms with Crippen molar-refractivity contribution in [2.24, 2.45) is 10.7 Å². The van der Waals surface area contributed by atoms with E-state index in [2.05, 4.69) is 20.9 Å². The second-order valence-corrected chi connectivity index (χ2v) is 5.57. The van der Waals surface area contributed by atoms with Crippen molar-refractivity contribution >= 4 is 27.5 Å². The van der Waals surface area contributed by atoms with E-state index in [9.17, 15) is 0 Å². The van der Waals surface area contributed by atoms with Gasteiger partial charge < -0.3 is 10.5 Å². The van der Waals surface area contributed by atoms with Gasteiger partial charge in [-0.25, -0.2) is 4.99 Å². The molecule has 2 rings (SSSR count). The largest absolute Gasteiger partial charge is 0.475 e. The normalized spacial score (nSPS) is 18.8. The molecule has 1 aromatic carbocycles. The van der Waals surface area contributed by atoms with Gasteiger partial charge in [0.2, 0.25) is 5.90 Å². The van der Waals surface area contributed by atoms with Crippen molar-refractivity contribution in [3.63, 3.8) is 0 Å². The number of hydrogen-bond acceptors (Lipinski definition) is 3. The van der Waals surface area contributed by atoms with Crippen LogP contribution >= 0.6 is 15.9 Å². The number of rotatable bonds is 2. The van der Waals surface area contributed by atoms with E-state index in [1.807, 2.05) is 38.1 Å².